The molecule has 1 aliphatic heterocycles. The minimum Gasteiger partial charge on any atom is -0.463 e. The van der Waals surface area contributed by atoms with Crippen LogP contribution >= 0.6 is 0 Å². The zero-order chi connectivity index (χ0) is 21.7. The molecule has 1 aromatic rings. The van der Waals surface area contributed by atoms with Gasteiger partial charge in [0.05, 0.1) is 29.3 Å². The van der Waals surface area contributed by atoms with Crippen LogP contribution in [0.15, 0.2) is 35.5 Å². The van der Waals surface area contributed by atoms with Crippen molar-refractivity contribution < 1.29 is 28.2 Å². The normalized spacial score (nSPS) is 20.4. The number of benzene rings is 1. The van der Waals surface area contributed by atoms with Gasteiger partial charge in [-0.2, -0.15) is 0 Å². The summed E-state index contributed by atoms with van der Waals surface area (Å²) in [4.78, 5) is 37.6. The second-order valence-electron chi connectivity index (χ2n) is 7.54. The van der Waals surface area contributed by atoms with E-state index in [4.69, 9.17) is 9.47 Å². The van der Waals surface area contributed by atoms with Gasteiger partial charge in [-0.15, -0.1) is 0 Å². The van der Waals surface area contributed by atoms with Gasteiger partial charge in [0.25, 0.3) is 0 Å². The van der Waals surface area contributed by atoms with E-state index in [2.05, 4.69) is 10.6 Å². The number of urea groups is 1. The molecule has 1 aliphatic carbocycles. The molecule has 0 spiro atoms. The zero-order valence-corrected chi connectivity index (χ0v) is 17.3. The molecule has 1 fully saturated rings. The molecule has 1 atom stereocenters. The lowest BCUT2D eigenvalue weighted by atomic mass is 9.79. The van der Waals surface area contributed by atoms with E-state index in [-0.39, 0.29) is 30.3 Å². The van der Waals surface area contributed by atoms with Gasteiger partial charge in [0.15, 0.2) is 0 Å². The average molecular weight is 418 g/mol. The Morgan fingerprint density at radius 3 is 2.40 bits per heavy atom. The predicted molar refractivity (Wildman–Crippen MR) is 107 cm³/mol. The average Bonchev–Trinajstić information content (AvgIpc) is 3.23. The summed E-state index contributed by atoms with van der Waals surface area (Å²) >= 11 is 0. The van der Waals surface area contributed by atoms with E-state index in [0.29, 0.717) is 24.8 Å². The molecule has 0 bridgehead atoms. The molecule has 1 heterocycles. The molecule has 8 heteroatoms. The third-order valence-electron chi connectivity index (χ3n) is 5.74. The van der Waals surface area contributed by atoms with Crippen molar-refractivity contribution in [1.82, 2.24) is 10.6 Å². The molecule has 2 N–H and O–H groups in total. The lowest BCUT2D eigenvalue weighted by molar-refractivity contribution is -0.150. The van der Waals surface area contributed by atoms with Crippen molar-refractivity contribution in [1.29, 1.82) is 0 Å². The number of amides is 2. The second kappa shape index (κ2) is 9.28. The highest BCUT2D eigenvalue weighted by Gasteiger charge is 2.44. The summed E-state index contributed by atoms with van der Waals surface area (Å²) in [6.45, 7) is 3.47. The second-order valence-corrected chi connectivity index (χ2v) is 7.54. The van der Waals surface area contributed by atoms with Gasteiger partial charge in [0.1, 0.15) is 12.4 Å². The number of halogens is 1. The molecule has 0 saturated heterocycles. The first-order valence-electron chi connectivity index (χ1n) is 10.3. The molecule has 2 aliphatic rings. The van der Waals surface area contributed by atoms with E-state index in [1.807, 2.05) is 6.92 Å². The molecular formula is C22H27FN2O5. The summed E-state index contributed by atoms with van der Waals surface area (Å²) in [5.41, 5.74) is 0.352. The van der Waals surface area contributed by atoms with Crippen LogP contribution in [-0.4, -0.2) is 37.2 Å². The Morgan fingerprint density at radius 1 is 1.13 bits per heavy atom. The van der Waals surface area contributed by atoms with Crippen molar-refractivity contribution in [3.8, 4) is 0 Å². The maximum atomic E-state index is 13.4. The van der Waals surface area contributed by atoms with Crippen LogP contribution in [0.2, 0.25) is 0 Å². The third-order valence-corrected chi connectivity index (χ3v) is 5.74. The molecule has 0 radical (unpaired) electrons. The fraction of sp³-hybridized carbons (Fsp3) is 0.500. The minimum atomic E-state index is -0.848. The lowest BCUT2D eigenvalue weighted by Crippen LogP contribution is -2.51. The van der Waals surface area contributed by atoms with Crippen LogP contribution in [0.4, 0.5) is 9.18 Å². The first kappa shape index (κ1) is 21.8. The van der Waals surface area contributed by atoms with Gasteiger partial charge in [0.2, 0.25) is 0 Å². The molecule has 1 unspecified atom stereocenters. The molecule has 1 saturated carbocycles. The zero-order valence-electron chi connectivity index (χ0n) is 17.3. The monoisotopic (exact) mass is 418 g/mol. The summed E-state index contributed by atoms with van der Waals surface area (Å²) in [7, 11) is 0. The third kappa shape index (κ3) is 4.32. The van der Waals surface area contributed by atoms with E-state index in [1.165, 1.54) is 12.1 Å². The number of esters is 2. The summed E-state index contributed by atoms with van der Waals surface area (Å²) in [6.07, 6.45) is 3.42. The van der Waals surface area contributed by atoms with Crippen LogP contribution in [0, 0.1) is 5.82 Å². The maximum Gasteiger partial charge on any atom is 0.338 e. The molecule has 30 heavy (non-hydrogen) atoms. The Morgan fingerprint density at radius 2 is 1.80 bits per heavy atom. The number of rotatable bonds is 7. The van der Waals surface area contributed by atoms with Crippen LogP contribution < -0.4 is 10.6 Å². The molecule has 1 aromatic carbocycles. The van der Waals surface area contributed by atoms with Crippen LogP contribution in [-0.2, 0) is 24.5 Å². The number of hydrogen-bond acceptors (Lipinski definition) is 5. The van der Waals surface area contributed by atoms with Gasteiger partial charge in [-0.3, -0.25) is 4.79 Å². The molecule has 0 aromatic heterocycles. The molecule has 162 valence electrons. The van der Waals surface area contributed by atoms with Crippen molar-refractivity contribution in [2.45, 2.75) is 57.4 Å². The predicted octanol–water partition coefficient (Wildman–Crippen LogP) is 3.09. The minimum absolute atomic E-state index is 0.188. The van der Waals surface area contributed by atoms with E-state index in [1.54, 1.807) is 19.1 Å². The van der Waals surface area contributed by atoms with Gasteiger partial charge in [-0.05, 0) is 43.9 Å². The van der Waals surface area contributed by atoms with Crippen LogP contribution in [0.5, 0.6) is 0 Å². The van der Waals surface area contributed by atoms with Gasteiger partial charge in [0, 0.05) is 0 Å². The first-order chi connectivity index (χ1) is 14.4. The van der Waals surface area contributed by atoms with Crippen molar-refractivity contribution in [3.05, 3.63) is 46.9 Å². The molecule has 3 rings (SSSR count). The van der Waals surface area contributed by atoms with Crippen molar-refractivity contribution in [2.75, 3.05) is 13.2 Å². The topological polar surface area (TPSA) is 93.7 Å². The van der Waals surface area contributed by atoms with Gasteiger partial charge >= 0.3 is 18.0 Å². The summed E-state index contributed by atoms with van der Waals surface area (Å²) in [5.74, 6) is -1.37. The van der Waals surface area contributed by atoms with Gasteiger partial charge < -0.3 is 20.1 Å². The fourth-order valence-corrected chi connectivity index (χ4v) is 4.21. The SMILES string of the molecule is CCOC(=O)C1=C(COC(=O)C2(c3ccc(F)cc3)CCCC2)NC(=O)NC1CC. The van der Waals surface area contributed by atoms with Crippen molar-refractivity contribution >= 4 is 18.0 Å². The lowest BCUT2D eigenvalue weighted by Gasteiger charge is -2.30. The van der Waals surface area contributed by atoms with E-state index in [9.17, 15) is 18.8 Å². The number of ether oxygens (including phenoxy) is 2. The van der Waals surface area contributed by atoms with Crippen LogP contribution in [0.1, 0.15) is 51.5 Å². The van der Waals surface area contributed by atoms with Crippen molar-refractivity contribution in [2.24, 2.45) is 0 Å². The Labute approximate surface area is 175 Å². The fourth-order valence-electron chi connectivity index (χ4n) is 4.21. The van der Waals surface area contributed by atoms with E-state index >= 15 is 0 Å². The summed E-state index contributed by atoms with van der Waals surface area (Å²) in [6, 6.07) is 4.92. The maximum absolute atomic E-state index is 13.4. The Balaban J connectivity index is 1.84. The van der Waals surface area contributed by atoms with Crippen LogP contribution in [0.25, 0.3) is 0 Å². The Kier molecular flexibility index (Phi) is 6.74. The Hall–Kier alpha value is -2.90. The van der Waals surface area contributed by atoms with E-state index in [0.717, 1.165) is 12.8 Å². The van der Waals surface area contributed by atoms with Crippen LogP contribution in [0.3, 0.4) is 0 Å². The molecule has 7 nitrogen and oxygen atoms in total. The standard InChI is InChI=1S/C22H27FN2O5/c1-3-16-18(19(26)29-4-2)17(25-21(28)24-16)13-30-20(27)22(11-5-6-12-22)14-7-9-15(23)10-8-14/h7-10,16H,3-6,11-13H2,1-2H3,(H2,24,25,28). The highest BCUT2D eigenvalue weighted by atomic mass is 19.1. The van der Waals surface area contributed by atoms with Crippen molar-refractivity contribution in [3.63, 3.8) is 0 Å². The number of carbonyl (C=O) groups is 3. The highest BCUT2D eigenvalue weighted by Crippen LogP contribution is 2.42. The Bertz CT molecular complexity index is 844. The smallest absolute Gasteiger partial charge is 0.338 e. The summed E-state index contributed by atoms with van der Waals surface area (Å²) < 4.78 is 24.1. The largest absolute Gasteiger partial charge is 0.463 e. The number of nitrogens with one attached hydrogen (secondary N) is 2. The number of carbonyl (C=O) groups excluding carboxylic acids is 3. The van der Waals surface area contributed by atoms with E-state index < -0.39 is 29.4 Å². The highest BCUT2D eigenvalue weighted by molar-refractivity contribution is 5.95. The quantitative estimate of drug-likeness (QED) is 0.664. The van der Waals surface area contributed by atoms with Gasteiger partial charge in [-0.25, -0.2) is 14.0 Å². The number of hydrogen-bond donors (Lipinski definition) is 2. The summed E-state index contributed by atoms with van der Waals surface area (Å²) in [5, 5.41) is 5.26. The first-order valence-corrected chi connectivity index (χ1v) is 10.3. The van der Waals surface area contributed by atoms with Gasteiger partial charge in [-0.1, -0.05) is 31.9 Å². The molecule has 2 amide bonds. The molecular weight excluding hydrogens is 391 g/mol.